The number of hydrogen-bond acceptors (Lipinski definition) is 4. The van der Waals surface area contributed by atoms with E-state index in [1.54, 1.807) is 14.2 Å². The summed E-state index contributed by atoms with van der Waals surface area (Å²) in [6.45, 7) is 4.58. The fraction of sp³-hybridized carbons (Fsp3) is 0.731. The Kier molecular flexibility index (Phi) is 3.85. The van der Waals surface area contributed by atoms with Crippen LogP contribution < -0.4 is 9.47 Å². The molecule has 0 N–H and O–H groups in total. The second kappa shape index (κ2) is 6.03. The second-order valence-electron chi connectivity index (χ2n) is 11.1. The highest BCUT2D eigenvalue weighted by atomic mass is 16.6. The van der Waals surface area contributed by atoms with Crippen molar-refractivity contribution in [2.45, 2.75) is 75.9 Å². The molecule has 5 aliphatic rings. The molecule has 162 valence electrons. The maximum Gasteiger partial charge on any atom is 0.165 e. The van der Waals surface area contributed by atoms with Gasteiger partial charge in [0.1, 0.15) is 18.0 Å². The molecule has 2 bridgehead atoms. The Morgan fingerprint density at radius 3 is 2.67 bits per heavy atom. The molecule has 7 atom stereocenters. The lowest BCUT2D eigenvalue weighted by Crippen LogP contribution is -2.73. The molecule has 6 rings (SSSR count). The first kappa shape index (κ1) is 19.2. The number of hydrogen-bond donors (Lipinski definition) is 0. The van der Waals surface area contributed by atoms with Crippen molar-refractivity contribution in [1.82, 2.24) is 0 Å². The van der Waals surface area contributed by atoms with Crippen molar-refractivity contribution in [3.63, 3.8) is 0 Å². The van der Waals surface area contributed by atoms with Crippen LogP contribution in [0.15, 0.2) is 12.1 Å². The molecule has 4 nitrogen and oxygen atoms in total. The van der Waals surface area contributed by atoms with Crippen molar-refractivity contribution >= 4 is 6.29 Å². The minimum Gasteiger partial charge on any atom is -0.493 e. The molecular weight excluding hydrogens is 376 g/mol. The first-order chi connectivity index (χ1) is 14.4. The van der Waals surface area contributed by atoms with Crippen LogP contribution >= 0.6 is 0 Å². The number of carbonyl (C=O) groups excluding carboxylic acids is 1. The lowest BCUT2D eigenvalue weighted by molar-refractivity contribution is -0.220. The van der Waals surface area contributed by atoms with Crippen LogP contribution in [0.1, 0.15) is 63.5 Å². The highest BCUT2D eigenvalue weighted by molar-refractivity contribution is 5.65. The Morgan fingerprint density at radius 2 is 2.00 bits per heavy atom. The van der Waals surface area contributed by atoms with Crippen molar-refractivity contribution < 1.29 is 19.0 Å². The zero-order valence-corrected chi connectivity index (χ0v) is 18.7. The van der Waals surface area contributed by atoms with Gasteiger partial charge >= 0.3 is 0 Å². The Morgan fingerprint density at radius 1 is 1.20 bits per heavy atom. The van der Waals surface area contributed by atoms with E-state index >= 15 is 0 Å². The van der Waals surface area contributed by atoms with Gasteiger partial charge in [0.05, 0.1) is 7.11 Å². The molecule has 1 aromatic rings. The Balaban J connectivity index is 1.59. The van der Waals surface area contributed by atoms with Gasteiger partial charge in [-0.05, 0) is 73.8 Å². The zero-order valence-electron chi connectivity index (χ0n) is 18.7. The van der Waals surface area contributed by atoms with Crippen LogP contribution in [0.3, 0.4) is 0 Å². The monoisotopic (exact) mass is 410 g/mol. The summed E-state index contributed by atoms with van der Waals surface area (Å²) >= 11 is 0. The predicted molar refractivity (Wildman–Crippen MR) is 114 cm³/mol. The van der Waals surface area contributed by atoms with Crippen LogP contribution in [0.2, 0.25) is 0 Å². The highest BCUT2D eigenvalue weighted by Crippen LogP contribution is 2.74. The Hall–Kier alpha value is -1.55. The number of rotatable bonds is 5. The molecule has 1 spiro atoms. The van der Waals surface area contributed by atoms with E-state index in [-0.39, 0.29) is 22.9 Å². The molecule has 4 heteroatoms. The standard InChI is InChI=1S/C26H34O4/c1-24-13-18(14-27)25(2,29-4)23-26(24)10-9-16(11-15-5-6-15)19(24)12-17-7-8-20(28-3)22(30-23)21(17)26/h7-8,14-16,18-19,23H,5-6,9-13H2,1-4H3/t16-,18+,19-,23-,24+,25+,26-/m0/s1. The molecule has 0 radical (unpaired) electrons. The summed E-state index contributed by atoms with van der Waals surface area (Å²) in [6, 6.07) is 4.37. The van der Waals surface area contributed by atoms with E-state index in [0.29, 0.717) is 5.92 Å². The molecule has 4 aliphatic carbocycles. The van der Waals surface area contributed by atoms with Crippen LogP contribution in [-0.4, -0.2) is 32.2 Å². The summed E-state index contributed by atoms with van der Waals surface area (Å²) in [6.07, 6.45) is 9.56. The summed E-state index contributed by atoms with van der Waals surface area (Å²) in [4.78, 5) is 12.4. The van der Waals surface area contributed by atoms with Gasteiger partial charge in [-0.15, -0.1) is 0 Å². The van der Waals surface area contributed by atoms with Crippen molar-refractivity contribution in [1.29, 1.82) is 0 Å². The number of ether oxygens (including phenoxy) is 3. The molecule has 0 unspecified atom stereocenters. The van der Waals surface area contributed by atoms with E-state index in [4.69, 9.17) is 14.2 Å². The Labute approximate surface area is 179 Å². The molecule has 0 aromatic heterocycles. The SMILES string of the molecule is COc1ccc2c3c1O[C@H]1[C@](C)(OC)[C@@H](C=O)C[C@]4(C)[C@@H](C2)[C@H](CC2CC2)CC[C@]314. The molecule has 0 amide bonds. The number of carbonyl (C=O) groups is 1. The van der Waals surface area contributed by atoms with Crippen LogP contribution in [0.25, 0.3) is 0 Å². The van der Waals surface area contributed by atoms with E-state index < -0.39 is 5.60 Å². The summed E-state index contributed by atoms with van der Waals surface area (Å²) in [7, 11) is 3.47. The summed E-state index contributed by atoms with van der Waals surface area (Å²) in [5.74, 6) is 3.88. The van der Waals surface area contributed by atoms with Gasteiger partial charge in [0.2, 0.25) is 0 Å². The zero-order chi connectivity index (χ0) is 20.9. The Bertz CT molecular complexity index is 907. The maximum absolute atomic E-state index is 12.4. The summed E-state index contributed by atoms with van der Waals surface area (Å²) < 4.78 is 18.7. The molecule has 3 fully saturated rings. The smallest absolute Gasteiger partial charge is 0.165 e. The first-order valence-electron chi connectivity index (χ1n) is 11.8. The van der Waals surface area contributed by atoms with E-state index in [1.807, 2.05) is 0 Å². The molecule has 0 saturated heterocycles. The van der Waals surface area contributed by atoms with Gasteiger partial charge in [-0.3, -0.25) is 0 Å². The molecule has 3 saturated carbocycles. The van der Waals surface area contributed by atoms with Crippen molar-refractivity contribution in [2.75, 3.05) is 14.2 Å². The third-order valence-electron chi connectivity index (χ3n) is 10.2. The lowest BCUT2D eigenvalue weighted by atomic mass is 9.36. The van der Waals surface area contributed by atoms with Crippen molar-refractivity contribution in [3.05, 3.63) is 23.3 Å². The summed E-state index contributed by atoms with van der Waals surface area (Å²) in [5.41, 5.74) is 2.14. The van der Waals surface area contributed by atoms with Crippen molar-refractivity contribution in [2.24, 2.45) is 29.1 Å². The van der Waals surface area contributed by atoms with Gasteiger partial charge in [0.15, 0.2) is 11.5 Å². The number of aldehydes is 1. The van der Waals surface area contributed by atoms with Crippen molar-refractivity contribution in [3.8, 4) is 11.5 Å². The number of benzene rings is 1. The van der Waals surface area contributed by atoms with Gasteiger partial charge in [-0.2, -0.15) is 0 Å². The third-order valence-corrected chi connectivity index (χ3v) is 10.2. The van der Waals surface area contributed by atoms with Gasteiger partial charge < -0.3 is 19.0 Å². The van der Waals surface area contributed by atoms with Crippen LogP contribution in [0, 0.1) is 29.1 Å². The topological polar surface area (TPSA) is 44.8 Å². The predicted octanol–water partition coefficient (Wildman–Crippen LogP) is 4.71. The minimum absolute atomic E-state index is 0.0453. The maximum atomic E-state index is 12.4. The molecule has 30 heavy (non-hydrogen) atoms. The van der Waals surface area contributed by atoms with Gasteiger partial charge in [-0.1, -0.05) is 25.8 Å². The minimum atomic E-state index is -0.631. The van der Waals surface area contributed by atoms with E-state index in [9.17, 15) is 4.79 Å². The third kappa shape index (κ3) is 2.05. The fourth-order valence-corrected chi connectivity index (χ4v) is 8.41. The molecule has 1 aliphatic heterocycles. The molecule has 1 aromatic carbocycles. The average Bonchev–Trinajstić information content (AvgIpc) is 3.49. The largest absolute Gasteiger partial charge is 0.493 e. The van der Waals surface area contributed by atoms with Crippen LogP contribution in [0.5, 0.6) is 11.5 Å². The fourth-order valence-electron chi connectivity index (χ4n) is 8.41. The van der Waals surface area contributed by atoms with Gasteiger partial charge in [0.25, 0.3) is 0 Å². The summed E-state index contributed by atoms with van der Waals surface area (Å²) in [5, 5.41) is 0. The lowest BCUT2D eigenvalue weighted by Gasteiger charge is -2.68. The molecule has 1 heterocycles. The van der Waals surface area contributed by atoms with E-state index in [0.717, 1.165) is 48.9 Å². The van der Waals surface area contributed by atoms with Crippen LogP contribution in [0.4, 0.5) is 0 Å². The number of methoxy groups -OCH3 is 2. The van der Waals surface area contributed by atoms with E-state index in [2.05, 4.69) is 26.0 Å². The quantitative estimate of drug-likeness (QED) is 0.660. The second-order valence-corrected chi connectivity index (χ2v) is 11.1. The highest BCUT2D eigenvalue weighted by Gasteiger charge is 2.75. The van der Waals surface area contributed by atoms with Crippen LogP contribution in [-0.2, 0) is 21.4 Å². The molecular formula is C26H34O4. The average molecular weight is 411 g/mol. The first-order valence-corrected chi connectivity index (χ1v) is 11.8. The van der Waals surface area contributed by atoms with Gasteiger partial charge in [0, 0.05) is 24.0 Å². The van der Waals surface area contributed by atoms with Gasteiger partial charge in [-0.25, -0.2) is 0 Å². The normalized spacial score (nSPS) is 45.5. The van der Waals surface area contributed by atoms with E-state index in [1.165, 1.54) is 36.8 Å².